The number of rotatable bonds is 4. The zero-order valence-corrected chi connectivity index (χ0v) is 19.9. The van der Waals surface area contributed by atoms with Crippen molar-refractivity contribution < 1.29 is 31.8 Å². The van der Waals surface area contributed by atoms with Gasteiger partial charge >= 0.3 is 6.18 Å². The summed E-state index contributed by atoms with van der Waals surface area (Å²) in [7, 11) is 1.96. The molecule has 2 N–H and O–H groups in total. The van der Waals surface area contributed by atoms with Gasteiger partial charge in [-0.3, -0.25) is 4.79 Å². The van der Waals surface area contributed by atoms with Crippen LogP contribution in [0.4, 0.5) is 28.9 Å². The van der Waals surface area contributed by atoms with Gasteiger partial charge in [-0.15, -0.1) is 0 Å². The summed E-state index contributed by atoms with van der Waals surface area (Å²) in [5.74, 6) is -0.556. The summed E-state index contributed by atoms with van der Waals surface area (Å²) in [6.45, 7) is 6.05. The summed E-state index contributed by atoms with van der Waals surface area (Å²) >= 11 is 0. The number of likely N-dealkylation sites (N-methyl/N-ethyl adjacent to an activating group) is 1. The molecule has 7 nitrogen and oxygen atoms in total. The molecular weight excluding hydrogens is 492 g/mol. The topological polar surface area (TPSA) is 66.1 Å². The van der Waals surface area contributed by atoms with Crippen molar-refractivity contribution in [1.82, 2.24) is 10.2 Å². The maximum absolute atomic E-state index is 15.4. The SMILES string of the molecule is C=C1C=C(C(F)(F)F)C(C(=O)Nc2cc(-c3ccc4c(c3)OCO4)c(F)cc2N2CCN(C)CC2)=CN1. The van der Waals surface area contributed by atoms with Crippen LogP contribution in [0.2, 0.25) is 0 Å². The fourth-order valence-electron chi connectivity index (χ4n) is 4.41. The van der Waals surface area contributed by atoms with Gasteiger partial charge in [0, 0.05) is 43.6 Å². The number of dihydropyridines is 1. The normalized spacial score (nSPS) is 17.8. The first-order valence-electron chi connectivity index (χ1n) is 11.5. The number of piperazine rings is 1. The molecule has 2 aromatic rings. The molecule has 37 heavy (non-hydrogen) atoms. The van der Waals surface area contributed by atoms with Crippen LogP contribution in [0.5, 0.6) is 11.5 Å². The van der Waals surface area contributed by atoms with E-state index in [2.05, 4.69) is 22.1 Å². The molecule has 0 saturated carbocycles. The van der Waals surface area contributed by atoms with Crippen molar-refractivity contribution in [3.63, 3.8) is 0 Å². The van der Waals surface area contributed by atoms with Crippen molar-refractivity contribution in [2.45, 2.75) is 6.18 Å². The lowest BCUT2D eigenvalue weighted by Crippen LogP contribution is -2.44. The first-order chi connectivity index (χ1) is 17.6. The molecule has 3 aliphatic heterocycles. The van der Waals surface area contributed by atoms with Crippen LogP contribution in [-0.2, 0) is 4.79 Å². The highest BCUT2D eigenvalue weighted by molar-refractivity contribution is 6.09. The molecule has 0 aromatic heterocycles. The number of carbonyl (C=O) groups is 1. The largest absolute Gasteiger partial charge is 0.454 e. The van der Waals surface area contributed by atoms with Crippen molar-refractivity contribution in [1.29, 1.82) is 0 Å². The standard InChI is InChI=1S/C26H24F4N4O3/c1-15-9-19(26(28,29)30)18(13-31-15)25(35)32-21-11-17(16-3-4-23-24(10-16)37-14-36-23)20(27)12-22(21)34-7-5-33(2)6-8-34/h3-4,9-13,31H,1,5-8,14H2,2H3,(H,32,35). The van der Waals surface area contributed by atoms with Crippen LogP contribution < -0.4 is 25.0 Å². The van der Waals surface area contributed by atoms with Gasteiger partial charge in [0.25, 0.3) is 5.91 Å². The van der Waals surface area contributed by atoms with Crippen molar-refractivity contribution in [2.75, 3.05) is 50.2 Å². The lowest BCUT2D eigenvalue weighted by molar-refractivity contribution is -0.115. The summed E-state index contributed by atoms with van der Waals surface area (Å²) in [6, 6.07) is 7.65. The molecule has 1 amide bonds. The molecule has 194 valence electrons. The quantitative estimate of drug-likeness (QED) is 0.588. The molecule has 1 fully saturated rings. The minimum absolute atomic E-state index is 0.00822. The van der Waals surface area contributed by atoms with Gasteiger partial charge in [0.05, 0.1) is 22.5 Å². The first-order valence-corrected chi connectivity index (χ1v) is 11.5. The van der Waals surface area contributed by atoms with E-state index in [4.69, 9.17) is 9.47 Å². The Bertz CT molecular complexity index is 1330. The molecule has 11 heteroatoms. The fraction of sp³-hybridized carbons (Fsp3) is 0.269. The zero-order valence-electron chi connectivity index (χ0n) is 19.9. The Balaban J connectivity index is 1.54. The third-order valence-electron chi connectivity index (χ3n) is 6.42. The second-order valence-corrected chi connectivity index (χ2v) is 8.95. The highest BCUT2D eigenvalue weighted by Crippen LogP contribution is 2.40. The van der Waals surface area contributed by atoms with Crippen LogP contribution in [0.25, 0.3) is 11.1 Å². The highest BCUT2D eigenvalue weighted by Gasteiger charge is 2.40. The van der Waals surface area contributed by atoms with E-state index in [1.807, 2.05) is 11.9 Å². The Morgan fingerprint density at radius 3 is 2.54 bits per heavy atom. The van der Waals surface area contributed by atoms with Crippen molar-refractivity contribution in [3.8, 4) is 22.6 Å². The Morgan fingerprint density at radius 2 is 1.81 bits per heavy atom. The monoisotopic (exact) mass is 516 g/mol. The van der Waals surface area contributed by atoms with E-state index in [0.29, 0.717) is 48.9 Å². The number of nitrogens with one attached hydrogen (secondary N) is 2. The van der Waals surface area contributed by atoms with Crippen molar-refractivity contribution in [2.24, 2.45) is 0 Å². The predicted octanol–water partition coefficient (Wildman–Crippen LogP) is 4.40. The number of amides is 1. The van der Waals surface area contributed by atoms with Crippen LogP contribution in [0.3, 0.4) is 0 Å². The Kier molecular flexibility index (Phi) is 6.32. The number of anilines is 2. The number of ether oxygens (including phenoxy) is 2. The summed E-state index contributed by atoms with van der Waals surface area (Å²) in [5.41, 5.74) is -0.514. The highest BCUT2D eigenvalue weighted by atomic mass is 19.4. The lowest BCUT2D eigenvalue weighted by atomic mass is 10.00. The minimum atomic E-state index is -4.77. The molecular formula is C26H24F4N4O3. The number of carbonyl (C=O) groups excluding carboxylic acids is 1. The second-order valence-electron chi connectivity index (χ2n) is 8.95. The average molecular weight is 516 g/mol. The molecule has 0 unspecified atom stereocenters. The third kappa shape index (κ3) is 4.99. The molecule has 2 aromatic carbocycles. The summed E-state index contributed by atoms with van der Waals surface area (Å²) in [4.78, 5) is 17.2. The van der Waals surface area contributed by atoms with Gasteiger partial charge in [0.15, 0.2) is 11.5 Å². The third-order valence-corrected chi connectivity index (χ3v) is 6.42. The summed E-state index contributed by atoms with van der Waals surface area (Å²) in [6.07, 6.45) is -3.02. The van der Waals surface area contributed by atoms with Gasteiger partial charge in [-0.25, -0.2) is 4.39 Å². The number of allylic oxidation sites excluding steroid dienone is 1. The molecule has 3 aliphatic rings. The van der Waals surface area contributed by atoms with Crippen molar-refractivity contribution in [3.05, 3.63) is 71.8 Å². The predicted molar refractivity (Wildman–Crippen MR) is 131 cm³/mol. The minimum Gasteiger partial charge on any atom is -0.454 e. The Hall–Kier alpha value is -3.99. The van der Waals surface area contributed by atoms with Gasteiger partial charge in [-0.1, -0.05) is 12.6 Å². The van der Waals surface area contributed by atoms with Crippen LogP contribution >= 0.6 is 0 Å². The van der Waals surface area contributed by atoms with Crippen LogP contribution in [0.1, 0.15) is 0 Å². The van der Waals surface area contributed by atoms with Gasteiger partial charge in [-0.05, 0) is 43.0 Å². The lowest BCUT2D eigenvalue weighted by Gasteiger charge is -2.35. The fourth-order valence-corrected chi connectivity index (χ4v) is 4.41. The second kappa shape index (κ2) is 9.47. The molecule has 0 bridgehead atoms. The number of hydrogen-bond donors (Lipinski definition) is 2. The zero-order chi connectivity index (χ0) is 26.3. The van der Waals surface area contributed by atoms with E-state index >= 15 is 4.39 Å². The molecule has 0 atom stereocenters. The van der Waals surface area contributed by atoms with Crippen LogP contribution in [0.15, 0.2) is 66.0 Å². The summed E-state index contributed by atoms with van der Waals surface area (Å²) < 4.78 is 67.2. The number of benzene rings is 2. The number of fused-ring (bicyclic) bond motifs is 1. The number of nitrogens with zero attached hydrogens (tertiary/aromatic N) is 2. The maximum Gasteiger partial charge on any atom is 0.417 e. The average Bonchev–Trinajstić information content (AvgIpc) is 3.33. The van der Waals surface area contributed by atoms with Crippen LogP contribution in [-0.4, -0.2) is 57.0 Å². The summed E-state index contributed by atoms with van der Waals surface area (Å²) in [5, 5.41) is 5.16. The molecule has 5 rings (SSSR count). The number of hydrogen-bond acceptors (Lipinski definition) is 6. The Labute approximate surface area is 210 Å². The van der Waals surface area contributed by atoms with Crippen molar-refractivity contribution >= 4 is 17.3 Å². The van der Waals surface area contributed by atoms with E-state index < -0.39 is 29.0 Å². The van der Waals surface area contributed by atoms with Gasteiger partial charge in [-0.2, -0.15) is 13.2 Å². The van der Waals surface area contributed by atoms with E-state index in [1.54, 1.807) is 18.2 Å². The van der Waals surface area contributed by atoms with Gasteiger partial charge < -0.3 is 29.9 Å². The Morgan fingerprint density at radius 1 is 1.08 bits per heavy atom. The van der Waals surface area contributed by atoms with E-state index in [1.165, 1.54) is 12.1 Å². The smallest absolute Gasteiger partial charge is 0.417 e. The van der Waals surface area contributed by atoms with E-state index in [9.17, 15) is 18.0 Å². The number of alkyl halides is 3. The number of halogens is 4. The van der Waals surface area contributed by atoms with Gasteiger partial charge in [0.1, 0.15) is 5.82 Å². The van der Waals surface area contributed by atoms with E-state index in [-0.39, 0.29) is 23.7 Å². The van der Waals surface area contributed by atoms with Crippen LogP contribution in [0, 0.1) is 5.82 Å². The van der Waals surface area contributed by atoms with Gasteiger partial charge in [0.2, 0.25) is 6.79 Å². The molecule has 0 spiro atoms. The first kappa shape index (κ1) is 24.7. The maximum atomic E-state index is 15.4. The molecule has 0 aliphatic carbocycles. The molecule has 0 radical (unpaired) electrons. The molecule has 3 heterocycles. The molecule has 1 saturated heterocycles. The van der Waals surface area contributed by atoms with E-state index in [0.717, 1.165) is 12.3 Å².